The number of hydrogen-bond acceptors (Lipinski definition) is 2. The van der Waals surface area contributed by atoms with E-state index in [1.165, 1.54) is 0 Å². The second-order valence-electron chi connectivity index (χ2n) is 3.74. The van der Waals surface area contributed by atoms with E-state index in [0.29, 0.717) is 6.42 Å². The summed E-state index contributed by atoms with van der Waals surface area (Å²) in [6.45, 7) is 0. The van der Waals surface area contributed by atoms with E-state index in [1.54, 1.807) is 4.68 Å². The van der Waals surface area contributed by atoms with Gasteiger partial charge in [0.25, 0.3) is 0 Å². The molecule has 1 saturated carbocycles. The number of aryl methyl sites for hydroxylation is 1. The van der Waals surface area contributed by atoms with E-state index in [2.05, 4.69) is 5.10 Å². The zero-order chi connectivity index (χ0) is 8.60. The first-order chi connectivity index (χ1) is 5.68. The van der Waals surface area contributed by atoms with Crippen molar-refractivity contribution in [2.45, 2.75) is 31.3 Å². The van der Waals surface area contributed by atoms with Gasteiger partial charge < -0.3 is 5.11 Å². The molecule has 0 unspecified atom stereocenters. The molecule has 0 aliphatic heterocycles. The third kappa shape index (κ3) is 1.37. The lowest BCUT2D eigenvalue weighted by molar-refractivity contribution is -0.0331. The molecule has 0 saturated heterocycles. The number of aromatic nitrogens is 2. The molecule has 0 spiro atoms. The van der Waals surface area contributed by atoms with Crippen LogP contribution in [0.5, 0.6) is 0 Å². The standard InChI is InChI=1S/C9H14N2O/c1-11-6-3-8(10-11)7-9(12)4-2-5-9/h3,6,12H,2,4-5,7H2,1H3. The van der Waals surface area contributed by atoms with Gasteiger partial charge in [-0.1, -0.05) is 0 Å². The van der Waals surface area contributed by atoms with E-state index in [9.17, 15) is 5.11 Å². The van der Waals surface area contributed by atoms with Gasteiger partial charge >= 0.3 is 0 Å². The molecule has 3 heteroatoms. The van der Waals surface area contributed by atoms with Crippen LogP contribution in [-0.2, 0) is 13.5 Å². The fourth-order valence-electron chi connectivity index (χ4n) is 1.66. The molecule has 1 aromatic heterocycles. The molecule has 3 nitrogen and oxygen atoms in total. The summed E-state index contributed by atoms with van der Waals surface area (Å²) in [5.41, 5.74) is 0.564. The van der Waals surface area contributed by atoms with Crippen LogP contribution in [0.3, 0.4) is 0 Å². The first-order valence-electron chi connectivity index (χ1n) is 4.39. The fraction of sp³-hybridized carbons (Fsp3) is 0.667. The van der Waals surface area contributed by atoms with Gasteiger partial charge in [0, 0.05) is 19.7 Å². The van der Waals surface area contributed by atoms with Crippen LogP contribution in [0, 0.1) is 0 Å². The number of rotatable bonds is 2. The SMILES string of the molecule is Cn1ccc(CC2(O)CCC2)n1. The molecule has 0 amide bonds. The summed E-state index contributed by atoms with van der Waals surface area (Å²) in [5, 5.41) is 14.1. The third-order valence-corrected chi connectivity index (χ3v) is 2.56. The maximum atomic E-state index is 9.82. The van der Waals surface area contributed by atoms with Crippen LogP contribution in [0.25, 0.3) is 0 Å². The summed E-state index contributed by atoms with van der Waals surface area (Å²) in [6.07, 6.45) is 5.65. The van der Waals surface area contributed by atoms with E-state index < -0.39 is 5.60 Å². The minimum atomic E-state index is -0.436. The highest BCUT2D eigenvalue weighted by atomic mass is 16.3. The molecular formula is C9H14N2O. The van der Waals surface area contributed by atoms with Crippen LogP contribution in [0.4, 0.5) is 0 Å². The quantitative estimate of drug-likeness (QED) is 0.708. The van der Waals surface area contributed by atoms with Crippen molar-refractivity contribution in [3.63, 3.8) is 0 Å². The molecule has 2 rings (SSSR count). The van der Waals surface area contributed by atoms with Crippen LogP contribution < -0.4 is 0 Å². The normalized spacial score (nSPS) is 20.5. The van der Waals surface area contributed by atoms with Crippen molar-refractivity contribution in [2.75, 3.05) is 0 Å². The summed E-state index contributed by atoms with van der Waals surface area (Å²) >= 11 is 0. The summed E-state index contributed by atoms with van der Waals surface area (Å²) in [5.74, 6) is 0. The Morgan fingerprint density at radius 3 is 2.83 bits per heavy atom. The van der Waals surface area contributed by atoms with Crippen LogP contribution in [0.1, 0.15) is 25.0 Å². The highest BCUT2D eigenvalue weighted by Crippen LogP contribution is 2.34. The topological polar surface area (TPSA) is 38.0 Å². The Morgan fingerprint density at radius 2 is 2.42 bits per heavy atom. The van der Waals surface area contributed by atoms with Gasteiger partial charge in [0.1, 0.15) is 0 Å². The molecule has 0 radical (unpaired) electrons. The Balaban J connectivity index is 2.03. The lowest BCUT2D eigenvalue weighted by Crippen LogP contribution is -2.39. The minimum Gasteiger partial charge on any atom is -0.389 e. The van der Waals surface area contributed by atoms with Gasteiger partial charge in [-0.3, -0.25) is 4.68 Å². The Kier molecular flexibility index (Phi) is 1.68. The van der Waals surface area contributed by atoms with Crippen LogP contribution in [-0.4, -0.2) is 20.5 Å². The predicted molar refractivity (Wildman–Crippen MR) is 45.7 cm³/mol. The highest BCUT2D eigenvalue weighted by molar-refractivity contribution is 5.06. The Hall–Kier alpha value is -0.830. The third-order valence-electron chi connectivity index (χ3n) is 2.56. The van der Waals surface area contributed by atoms with Gasteiger partial charge in [-0.05, 0) is 25.3 Å². The lowest BCUT2D eigenvalue weighted by Gasteiger charge is -2.35. The van der Waals surface area contributed by atoms with E-state index in [4.69, 9.17) is 0 Å². The van der Waals surface area contributed by atoms with Crippen LogP contribution in [0.15, 0.2) is 12.3 Å². The molecule has 1 fully saturated rings. The van der Waals surface area contributed by atoms with Crippen molar-refractivity contribution in [2.24, 2.45) is 7.05 Å². The molecule has 1 N–H and O–H groups in total. The van der Waals surface area contributed by atoms with Crippen LogP contribution in [0.2, 0.25) is 0 Å². The average Bonchev–Trinajstić information content (AvgIpc) is 2.32. The van der Waals surface area contributed by atoms with E-state index in [0.717, 1.165) is 25.0 Å². The van der Waals surface area contributed by atoms with Crippen molar-refractivity contribution >= 4 is 0 Å². The van der Waals surface area contributed by atoms with Crippen molar-refractivity contribution in [1.82, 2.24) is 9.78 Å². The van der Waals surface area contributed by atoms with Gasteiger partial charge in [0.2, 0.25) is 0 Å². The first-order valence-corrected chi connectivity index (χ1v) is 4.39. The Morgan fingerprint density at radius 1 is 1.67 bits per heavy atom. The van der Waals surface area contributed by atoms with Crippen molar-refractivity contribution < 1.29 is 5.11 Å². The summed E-state index contributed by atoms with van der Waals surface area (Å²) < 4.78 is 1.78. The fourth-order valence-corrected chi connectivity index (χ4v) is 1.66. The predicted octanol–water partition coefficient (Wildman–Crippen LogP) is 0.878. The van der Waals surface area contributed by atoms with Crippen molar-refractivity contribution in [1.29, 1.82) is 0 Å². The molecule has 0 bridgehead atoms. The van der Waals surface area contributed by atoms with Crippen molar-refractivity contribution in [3.8, 4) is 0 Å². The molecule has 1 aliphatic carbocycles. The largest absolute Gasteiger partial charge is 0.389 e. The molecule has 1 aromatic rings. The second kappa shape index (κ2) is 2.59. The second-order valence-corrected chi connectivity index (χ2v) is 3.74. The highest BCUT2D eigenvalue weighted by Gasteiger charge is 2.34. The Bertz CT molecular complexity index is 276. The van der Waals surface area contributed by atoms with Gasteiger partial charge in [-0.15, -0.1) is 0 Å². The number of nitrogens with zero attached hydrogens (tertiary/aromatic N) is 2. The summed E-state index contributed by atoms with van der Waals surface area (Å²) in [6, 6.07) is 1.97. The van der Waals surface area contributed by atoms with Gasteiger partial charge in [0.15, 0.2) is 0 Å². The molecule has 1 aliphatic rings. The van der Waals surface area contributed by atoms with Gasteiger partial charge in [0.05, 0.1) is 11.3 Å². The zero-order valence-electron chi connectivity index (χ0n) is 7.32. The molecule has 66 valence electrons. The maximum Gasteiger partial charge on any atom is 0.0703 e. The van der Waals surface area contributed by atoms with Gasteiger partial charge in [-0.2, -0.15) is 5.10 Å². The molecule has 0 atom stereocenters. The van der Waals surface area contributed by atoms with E-state index >= 15 is 0 Å². The Labute approximate surface area is 72.0 Å². The molecule has 1 heterocycles. The smallest absolute Gasteiger partial charge is 0.0703 e. The van der Waals surface area contributed by atoms with Crippen LogP contribution >= 0.6 is 0 Å². The average molecular weight is 166 g/mol. The van der Waals surface area contributed by atoms with E-state index in [-0.39, 0.29) is 0 Å². The molecular weight excluding hydrogens is 152 g/mol. The monoisotopic (exact) mass is 166 g/mol. The molecule has 12 heavy (non-hydrogen) atoms. The number of hydrogen-bond donors (Lipinski definition) is 1. The molecule has 0 aromatic carbocycles. The van der Waals surface area contributed by atoms with E-state index in [1.807, 2.05) is 19.3 Å². The van der Waals surface area contributed by atoms with Crippen molar-refractivity contribution in [3.05, 3.63) is 18.0 Å². The maximum absolute atomic E-state index is 9.82. The minimum absolute atomic E-state index is 0.436. The summed E-state index contributed by atoms with van der Waals surface area (Å²) in [7, 11) is 1.90. The first kappa shape index (κ1) is 7.80. The summed E-state index contributed by atoms with van der Waals surface area (Å²) in [4.78, 5) is 0. The lowest BCUT2D eigenvalue weighted by atomic mass is 9.77. The number of aliphatic hydroxyl groups is 1. The zero-order valence-corrected chi connectivity index (χ0v) is 7.32. The van der Waals surface area contributed by atoms with Gasteiger partial charge in [-0.25, -0.2) is 0 Å².